The van der Waals surface area contributed by atoms with Gasteiger partial charge in [0, 0.05) is 30.1 Å². The van der Waals surface area contributed by atoms with Crippen LogP contribution < -0.4 is 10.5 Å². The van der Waals surface area contributed by atoms with Crippen LogP contribution in [0.2, 0.25) is 0 Å². The summed E-state index contributed by atoms with van der Waals surface area (Å²) in [5.41, 5.74) is 8.74. The molecule has 0 spiro atoms. The zero-order valence-corrected chi connectivity index (χ0v) is 18.1. The lowest BCUT2D eigenvalue weighted by atomic mass is 9.98. The highest BCUT2D eigenvalue weighted by Gasteiger charge is 2.21. The van der Waals surface area contributed by atoms with Gasteiger partial charge in [0.25, 0.3) is 0 Å². The van der Waals surface area contributed by atoms with E-state index in [1.165, 1.54) is 5.01 Å². The minimum absolute atomic E-state index is 0.375. The Morgan fingerprint density at radius 3 is 2.83 bits per heavy atom. The molecule has 4 rings (SSSR count). The molecule has 1 fully saturated rings. The molecule has 1 aliphatic heterocycles. The number of thiazole rings is 1. The van der Waals surface area contributed by atoms with Crippen molar-refractivity contribution in [2.45, 2.75) is 32.3 Å². The number of nitrogens with two attached hydrogens (primary N) is 1. The molecule has 4 heterocycles. The normalized spacial score (nSPS) is 14.9. The van der Waals surface area contributed by atoms with Crippen molar-refractivity contribution in [2.75, 3.05) is 25.9 Å². The lowest BCUT2D eigenvalue weighted by Crippen LogP contribution is -2.29. The molecule has 0 amide bonds. The predicted octanol–water partition coefficient (Wildman–Crippen LogP) is 3.94. The first-order chi connectivity index (χ1) is 14.6. The van der Waals surface area contributed by atoms with Gasteiger partial charge in [0.1, 0.15) is 12.3 Å². The molecular weight excluding hydrogens is 394 g/mol. The third-order valence-corrected chi connectivity index (χ3v) is 6.44. The summed E-state index contributed by atoms with van der Waals surface area (Å²) >= 11 is 1.74. The number of hydrogen-bond acceptors (Lipinski definition) is 7. The number of ether oxygens (including phenoxy) is 1. The van der Waals surface area contributed by atoms with Gasteiger partial charge in [0.05, 0.1) is 9.88 Å². The van der Waals surface area contributed by atoms with E-state index in [1.54, 1.807) is 30.7 Å². The Morgan fingerprint density at radius 1 is 1.20 bits per heavy atom. The van der Waals surface area contributed by atoms with Crippen molar-refractivity contribution in [3.05, 3.63) is 53.1 Å². The molecule has 0 unspecified atom stereocenters. The maximum absolute atomic E-state index is 6.06. The van der Waals surface area contributed by atoms with Crippen molar-refractivity contribution in [1.82, 2.24) is 19.9 Å². The van der Waals surface area contributed by atoms with Crippen LogP contribution in [0.1, 0.15) is 41.9 Å². The van der Waals surface area contributed by atoms with Gasteiger partial charge < -0.3 is 15.4 Å². The van der Waals surface area contributed by atoms with Gasteiger partial charge in [-0.25, -0.2) is 15.0 Å². The number of aromatic nitrogens is 3. The van der Waals surface area contributed by atoms with Gasteiger partial charge >= 0.3 is 0 Å². The second kappa shape index (κ2) is 9.24. The minimum atomic E-state index is 0.375. The lowest BCUT2D eigenvalue weighted by molar-refractivity contribution is 0.255. The minimum Gasteiger partial charge on any atom is -0.485 e. The summed E-state index contributed by atoms with van der Waals surface area (Å²) in [6.07, 6.45) is 7.78. The van der Waals surface area contributed by atoms with Crippen LogP contribution in [-0.2, 0) is 6.61 Å². The zero-order chi connectivity index (χ0) is 20.9. The van der Waals surface area contributed by atoms with Gasteiger partial charge in [0.15, 0.2) is 11.6 Å². The highest BCUT2D eigenvalue weighted by atomic mass is 32.1. The molecule has 0 radical (unpaired) electrons. The Bertz CT molecular complexity index is 1080. The predicted molar refractivity (Wildman–Crippen MR) is 120 cm³/mol. The Labute approximate surface area is 181 Å². The second-order valence-corrected chi connectivity index (χ2v) is 8.52. The number of rotatable bonds is 5. The molecular formula is C23H25N5OS. The van der Waals surface area contributed by atoms with Crippen molar-refractivity contribution in [3.63, 3.8) is 0 Å². The number of nitrogen functional groups attached to an aromatic ring is 1. The smallest absolute Gasteiger partial charge is 0.166 e. The number of likely N-dealkylation sites (tertiary alicyclic amines) is 1. The molecule has 0 aliphatic carbocycles. The van der Waals surface area contributed by atoms with Crippen molar-refractivity contribution in [1.29, 1.82) is 0 Å². The average Bonchev–Trinajstić information content (AvgIpc) is 3.24. The fraction of sp³-hybridized carbons (Fsp3) is 0.348. The van der Waals surface area contributed by atoms with Gasteiger partial charge in [0.2, 0.25) is 0 Å². The lowest BCUT2D eigenvalue weighted by Gasteiger charge is -2.27. The van der Waals surface area contributed by atoms with E-state index in [2.05, 4.69) is 33.8 Å². The molecule has 0 atom stereocenters. The molecule has 3 aromatic heterocycles. The average molecular weight is 420 g/mol. The van der Waals surface area contributed by atoms with E-state index in [0.29, 0.717) is 24.1 Å². The van der Waals surface area contributed by atoms with Gasteiger partial charge in [-0.15, -0.1) is 11.3 Å². The van der Waals surface area contributed by atoms with Crippen LogP contribution in [0.3, 0.4) is 0 Å². The van der Waals surface area contributed by atoms with Crippen LogP contribution >= 0.6 is 11.3 Å². The Kier molecular flexibility index (Phi) is 6.26. The summed E-state index contributed by atoms with van der Waals surface area (Å²) in [6.45, 7) is 4.42. The van der Waals surface area contributed by atoms with Crippen molar-refractivity contribution in [2.24, 2.45) is 0 Å². The highest BCUT2D eigenvalue weighted by Crippen LogP contribution is 2.36. The Morgan fingerprint density at radius 2 is 2.03 bits per heavy atom. The van der Waals surface area contributed by atoms with E-state index < -0.39 is 0 Å². The molecule has 154 valence electrons. The molecule has 6 nitrogen and oxygen atoms in total. The van der Waals surface area contributed by atoms with Crippen molar-refractivity contribution in [3.8, 4) is 28.0 Å². The molecule has 30 heavy (non-hydrogen) atoms. The van der Waals surface area contributed by atoms with Crippen molar-refractivity contribution >= 4 is 17.2 Å². The van der Waals surface area contributed by atoms with E-state index in [4.69, 9.17) is 15.5 Å². The second-order valence-electron chi connectivity index (χ2n) is 7.46. The summed E-state index contributed by atoms with van der Waals surface area (Å²) < 4.78 is 5.97. The van der Waals surface area contributed by atoms with E-state index >= 15 is 0 Å². The van der Waals surface area contributed by atoms with E-state index in [9.17, 15) is 0 Å². The number of piperidine rings is 1. The topological polar surface area (TPSA) is 77.2 Å². The third kappa shape index (κ3) is 4.78. The molecule has 2 N–H and O–H groups in total. The molecule has 0 saturated carbocycles. The summed E-state index contributed by atoms with van der Waals surface area (Å²) in [7, 11) is 2.18. The van der Waals surface area contributed by atoms with Gasteiger partial charge in [-0.05, 0) is 69.6 Å². The van der Waals surface area contributed by atoms with E-state index in [1.807, 2.05) is 24.4 Å². The maximum Gasteiger partial charge on any atom is 0.166 e. The fourth-order valence-electron chi connectivity index (χ4n) is 3.49. The largest absolute Gasteiger partial charge is 0.485 e. The van der Waals surface area contributed by atoms with Gasteiger partial charge in [-0.2, -0.15) is 0 Å². The first-order valence-electron chi connectivity index (χ1n) is 10.0. The third-order valence-electron chi connectivity index (χ3n) is 5.23. The summed E-state index contributed by atoms with van der Waals surface area (Å²) in [5, 5.41) is 1.21. The quantitative estimate of drug-likeness (QED) is 0.631. The molecule has 1 aliphatic rings. The fourth-order valence-corrected chi connectivity index (χ4v) is 4.56. The van der Waals surface area contributed by atoms with Crippen molar-refractivity contribution < 1.29 is 4.74 Å². The summed E-state index contributed by atoms with van der Waals surface area (Å²) in [6, 6.07) is 5.77. The highest BCUT2D eigenvalue weighted by molar-refractivity contribution is 7.15. The molecule has 7 heteroatoms. The Balaban J connectivity index is 1.48. The molecule has 3 aromatic rings. The zero-order valence-electron chi connectivity index (χ0n) is 17.3. The SMILES string of the molecule is CC#Cc1cc(COc2cc(-c3cnc(C4CCN(C)CC4)s3)cnc2N)ccn1. The first kappa shape index (κ1) is 20.3. The molecule has 0 bridgehead atoms. The standard InChI is InChI=1S/C23H25N5OS/c1-3-4-19-11-16(5-8-25-19)15-29-20-12-18(13-26-22(20)24)21-14-27-23(30-21)17-6-9-28(2)10-7-17/h5,8,11-14,17H,6-7,9-10,15H2,1-2H3,(H2,24,26). The summed E-state index contributed by atoms with van der Waals surface area (Å²) in [5.74, 6) is 7.31. The summed E-state index contributed by atoms with van der Waals surface area (Å²) in [4.78, 5) is 16.7. The number of nitrogens with zero attached hydrogens (tertiary/aromatic N) is 4. The number of pyridine rings is 2. The molecule has 0 aromatic carbocycles. The van der Waals surface area contributed by atoms with Crippen LogP contribution in [0, 0.1) is 11.8 Å². The van der Waals surface area contributed by atoms with Crippen LogP contribution in [0.25, 0.3) is 10.4 Å². The van der Waals surface area contributed by atoms with Gasteiger partial charge in [-0.3, -0.25) is 0 Å². The van der Waals surface area contributed by atoms with Crippen LogP contribution in [0.4, 0.5) is 5.82 Å². The first-order valence-corrected chi connectivity index (χ1v) is 10.8. The van der Waals surface area contributed by atoms with E-state index in [-0.39, 0.29) is 0 Å². The number of anilines is 1. The maximum atomic E-state index is 6.06. The van der Waals surface area contributed by atoms with Crippen LogP contribution in [-0.4, -0.2) is 40.0 Å². The Hall–Kier alpha value is -2.95. The van der Waals surface area contributed by atoms with Crippen LogP contribution in [0.5, 0.6) is 5.75 Å². The number of hydrogen-bond donors (Lipinski definition) is 1. The van der Waals surface area contributed by atoms with Gasteiger partial charge in [-0.1, -0.05) is 5.92 Å². The van der Waals surface area contributed by atoms with E-state index in [0.717, 1.165) is 47.6 Å². The molecule has 1 saturated heterocycles. The monoisotopic (exact) mass is 419 g/mol. The van der Waals surface area contributed by atoms with Crippen LogP contribution in [0.15, 0.2) is 36.8 Å².